The van der Waals surface area contributed by atoms with Gasteiger partial charge in [-0.25, -0.2) is 9.78 Å². The van der Waals surface area contributed by atoms with Crippen molar-refractivity contribution in [3.63, 3.8) is 0 Å². The van der Waals surface area contributed by atoms with Gasteiger partial charge in [0.15, 0.2) is 29.3 Å². The molecule has 2 aromatic carbocycles. The molecule has 1 saturated heterocycles. The van der Waals surface area contributed by atoms with E-state index in [0.29, 0.717) is 40.2 Å². The van der Waals surface area contributed by atoms with E-state index in [2.05, 4.69) is 9.88 Å². The van der Waals surface area contributed by atoms with Crippen LogP contribution in [0.15, 0.2) is 60.9 Å². The number of nitrogens with zero attached hydrogens (tertiary/aromatic N) is 1. The number of alkyl halides is 2. The quantitative estimate of drug-likeness (QED) is 0.214. The number of ether oxygens (including phenoxy) is 3. The van der Waals surface area contributed by atoms with Crippen LogP contribution < -0.4 is 14.5 Å². The second kappa shape index (κ2) is 14.5. The molecule has 2 aliphatic rings. The van der Waals surface area contributed by atoms with Gasteiger partial charge in [-0.3, -0.25) is 4.90 Å². The van der Waals surface area contributed by atoms with Gasteiger partial charge in [0.25, 0.3) is 0 Å². The van der Waals surface area contributed by atoms with E-state index < -0.39 is 24.1 Å². The van der Waals surface area contributed by atoms with E-state index in [0.717, 1.165) is 30.7 Å². The van der Waals surface area contributed by atoms with Crippen molar-refractivity contribution in [3.05, 3.63) is 87.7 Å². The molecule has 2 fully saturated rings. The van der Waals surface area contributed by atoms with Gasteiger partial charge in [-0.15, -0.1) is 11.8 Å². The fourth-order valence-electron chi connectivity index (χ4n) is 4.51. The summed E-state index contributed by atoms with van der Waals surface area (Å²) in [5, 5.41) is 0.277. The van der Waals surface area contributed by atoms with Crippen LogP contribution in [0.3, 0.4) is 0 Å². The van der Waals surface area contributed by atoms with Crippen LogP contribution in [0.4, 0.5) is 8.78 Å². The van der Waals surface area contributed by atoms with Gasteiger partial charge in [0.1, 0.15) is 16.1 Å². The molecule has 5 rings (SSSR count). The van der Waals surface area contributed by atoms with Gasteiger partial charge in [0.2, 0.25) is 0 Å². The Morgan fingerprint density at radius 2 is 1.80 bits per heavy atom. The van der Waals surface area contributed by atoms with Crippen molar-refractivity contribution in [2.75, 3.05) is 18.9 Å². The number of thioether (sulfide) groups is 1. The Morgan fingerprint density at radius 1 is 1.07 bits per heavy atom. The lowest BCUT2D eigenvalue weighted by Gasteiger charge is -2.26. The topological polar surface area (TPSA) is 92.1 Å². The minimum Gasteiger partial charge on any atom is -0.870 e. The Hall–Kier alpha value is -2.63. The molecule has 41 heavy (non-hydrogen) atoms. The standard InChI is InChI=1S/C29H28Cl2F2N2O4S.H2O/c30-22-14-34-15-23(31)21(22)13-25(20-8-9-24(39-29(32)33)26(12-20)37-17-19-6-7-19)38-28(36)27-35(10-11-40-27)16-18-4-2-1-3-5-18;/h1-5,8-9,12,14-15,19,25,27,29H,6-7,10-11,13,16-17H2;1H2/t25-,27-;/m0./s1. The molecule has 0 unspecified atom stereocenters. The Balaban J connectivity index is 0.00000387. The van der Waals surface area contributed by atoms with Crippen LogP contribution in [0.1, 0.15) is 35.6 Å². The number of pyridine rings is 1. The number of hydrogen-bond acceptors (Lipinski definition) is 7. The molecule has 0 bridgehead atoms. The molecule has 1 aromatic heterocycles. The largest absolute Gasteiger partial charge is 0.870 e. The summed E-state index contributed by atoms with van der Waals surface area (Å²) < 4.78 is 42.9. The first kappa shape index (κ1) is 31.3. The molecule has 0 amide bonds. The van der Waals surface area contributed by atoms with Gasteiger partial charge in [0, 0.05) is 30.8 Å². The average Bonchev–Trinajstić information content (AvgIpc) is 3.65. The van der Waals surface area contributed by atoms with Crippen LogP contribution in [-0.2, 0) is 22.5 Å². The van der Waals surface area contributed by atoms with E-state index in [1.807, 2.05) is 30.3 Å². The van der Waals surface area contributed by atoms with Gasteiger partial charge >= 0.3 is 12.6 Å². The van der Waals surface area contributed by atoms with Crippen LogP contribution in [-0.4, -0.2) is 47.2 Å². The lowest BCUT2D eigenvalue weighted by atomic mass is 10.0. The monoisotopic (exact) mass is 626 g/mol. The van der Waals surface area contributed by atoms with Crippen molar-refractivity contribution >= 4 is 40.9 Å². The number of esters is 1. The summed E-state index contributed by atoms with van der Waals surface area (Å²) in [5.41, 5.74) is 2.25. The predicted octanol–water partition coefficient (Wildman–Crippen LogP) is 6.42. The van der Waals surface area contributed by atoms with Crippen molar-refractivity contribution < 1.29 is 38.2 Å². The van der Waals surface area contributed by atoms with E-state index in [4.69, 9.17) is 37.4 Å². The maximum Gasteiger partial charge on any atom is 0.387 e. The molecule has 1 aliphatic carbocycles. The van der Waals surface area contributed by atoms with Crippen LogP contribution in [0.25, 0.3) is 0 Å². The summed E-state index contributed by atoms with van der Waals surface area (Å²) in [6, 6.07) is 14.6. The zero-order chi connectivity index (χ0) is 28.1. The lowest BCUT2D eigenvalue weighted by molar-refractivity contribution is -0.377. The number of hydrogen-bond donors (Lipinski definition) is 0. The number of aromatic nitrogens is 1. The summed E-state index contributed by atoms with van der Waals surface area (Å²) >= 11 is 14.4. The van der Waals surface area contributed by atoms with Gasteiger partial charge in [-0.05, 0) is 42.0 Å². The molecule has 12 heteroatoms. The van der Waals surface area contributed by atoms with Crippen LogP contribution in [0, 0.1) is 5.92 Å². The molecule has 2 N–H and O–H groups in total. The second-order valence-corrected chi connectivity index (χ2v) is 11.8. The first-order chi connectivity index (χ1) is 19.4. The van der Waals surface area contributed by atoms with Crippen LogP contribution in [0.2, 0.25) is 10.0 Å². The Bertz CT molecular complexity index is 1300. The predicted molar refractivity (Wildman–Crippen MR) is 152 cm³/mol. The maximum absolute atomic E-state index is 13.6. The molecular weight excluding hydrogens is 597 g/mol. The van der Waals surface area contributed by atoms with E-state index in [9.17, 15) is 13.6 Å². The number of H-pyrrole nitrogens is 1. The van der Waals surface area contributed by atoms with E-state index in [-0.39, 0.29) is 23.4 Å². The number of carbonyl (C=O) groups excluding carboxylic acids is 1. The van der Waals surface area contributed by atoms with E-state index in [1.54, 1.807) is 24.5 Å². The molecule has 0 spiro atoms. The highest BCUT2D eigenvalue weighted by molar-refractivity contribution is 8.00. The third kappa shape index (κ3) is 8.45. The fraction of sp³-hybridized carbons (Fsp3) is 0.379. The van der Waals surface area contributed by atoms with Crippen molar-refractivity contribution in [2.45, 2.75) is 43.9 Å². The second-order valence-electron chi connectivity index (χ2n) is 9.78. The number of benzene rings is 2. The van der Waals surface area contributed by atoms with Crippen molar-refractivity contribution in [1.82, 2.24) is 4.90 Å². The van der Waals surface area contributed by atoms with Crippen molar-refractivity contribution in [2.24, 2.45) is 5.92 Å². The Kier molecular flexibility index (Phi) is 11.1. The minimum absolute atomic E-state index is 0. The number of halogens is 4. The molecule has 1 aliphatic heterocycles. The van der Waals surface area contributed by atoms with Gasteiger partial charge in [0.05, 0.1) is 6.61 Å². The summed E-state index contributed by atoms with van der Waals surface area (Å²) in [5.74, 6) is 0.888. The molecular formula is C29H30Cl2F2N2O5S. The number of aromatic amines is 1. The third-order valence-corrected chi connectivity index (χ3v) is 8.69. The average molecular weight is 628 g/mol. The molecule has 3 aromatic rings. The van der Waals surface area contributed by atoms with Crippen molar-refractivity contribution in [1.29, 1.82) is 0 Å². The molecule has 220 valence electrons. The number of rotatable bonds is 12. The van der Waals surface area contributed by atoms with Gasteiger partial charge in [-0.2, -0.15) is 8.78 Å². The zero-order valence-electron chi connectivity index (χ0n) is 22.0. The highest BCUT2D eigenvalue weighted by atomic mass is 35.5. The Morgan fingerprint density at radius 3 is 2.49 bits per heavy atom. The summed E-state index contributed by atoms with van der Waals surface area (Å²) in [7, 11) is 0. The lowest BCUT2D eigenvalue weighted by Crippen LogP contribution is -2.36. The van der Waals surface area contributed by atoms with Crippen LogP contribution >= 0.6 is 35.0 Å². The first-order valence-electron chi connectivity index (χ1n) is 13.0. The molecule has 1 saturated carbocycles. The third-order valence-electron chi connectivity index (χ3n) is 6.79. The molecule has 2 atom stereocenters. The molecule has 2 heterocycles. The van der Waals surface area contributed by atoms with E-state index >= 15 is 0 Å². The summed E-state index contributed by atoms with van der Waals surface area (Å²) in [6.07, 6.45) is 4.62. The smallest absolute Gasteiger partial charge is 0.387 e. The summed E-state index contributed by atoms with van der Waals surface area (Å²) in [6.45, 7) is -1.25. The van der Waals surface area contributed by atoms with Crippen molar-refractivity contribution in [3.8, 4) is 11.5 Å². The van der Waals surface area contributed by atoms with Gasteiger partial charge < -0.3 is 19.7 Å². The number of nitrogens with one attached hydrogen (secondary N) is 1. The zero-order valence-corrected chi connectivity index (χ0v) is 24.3. The molecule has 0 radical (unpaired) electrons. The summed E-state index contributed by atoms with van der Waals surface area (Å²) in [4.78, 5) is 18.6. The Labute approximate surface area is 251 Å². The van der Waals surface area contributed by atoms with Crippen LogP contribution in [0.5, 0.6) is 11.5 Å². The fourth-order valence-corrected chi connectivity index (χ4v) is 6.18. The van der Waals surface area contributed by atoms with E-state index in [1.165, 1.54) is 17.8 Å². The highest BCUT2D eigenvalue weighted by Crippen LogP contribution is 2.38. The number of carbonyl (C=O) groups is 1. The van der Waals surface area contributed by atoms with Gasteiger partial charge in [-0.1, -0.05) is 59.6 Å². The maximum atomic E-state index is 13.6. The normalized spacial score (nSPS) is 17.6. The first-order valence-corrected chi connectivity index (χ1v) is 14.8. The molecule has 7 nitrogen and oxygen atoms in total. The minimum atomic E-state index is -3.00. The SMILES string of the molecule is O=C(O[C@@H](Cc1c(Cl)c[nH+]cc1Cl)c1ccc(OC(F)F)c(OCC2CC2)c1)[C@@H]1SCCN1Cc1ccccc1.[OH-]. The highest BCUT2D eigenvalue weighted by Gasteiger charge is 2.35.